The van der Waals surface area contributed by atoms with Crippen molar-refractivity contribution in [2.24, 2.45) is 0 Å². The number of hydrogen-bond donors (Lipinski definition) is 1. The van der Waals surface area contributed by atoms with Gasteiger partial charge in [-0.05, 0) is 31.0 Å². The summed E-state index contributed by atoms with van der Waals surface area (Å²) in [4.78, 5) is 11.3. The van der Waals surface area contributed by atoms with Gasteiger partial charge in [0.15, 0.2) is 0 Å². The highest BCUT2D eigenvalue weighted by molar-refractivity contribution is 9.10. The molecule has 0 bridgehead atoms. The van der Waals surface area contributed by atoms with Gasteiger partial charge in [0.2, 0.25) is 5.91 Å². The Balaban J connectivity index is 2.14. The second kappa shape index (κ2) is 8.12. The number of nitrogens with one attached hydrogen (secondary N) is 1. The van der Waals surface area contributed by atoms with Crippen LogP contribution in [-0.2, 0) is 4.79 Å². The first-order valence-electron chi connectivity index (χ1n) is 5.87. The monoisotopic (exact) mass is 299 g/mol. The largest absolute Gasteiger partial charge is 0.494 e. The Kier molecular flexibility index (Phi) is 6.70. The van der Waals surface area contributed by atoms with Crippen molar-refractivity contribution in [3.8, 4) is 5.75 Å². The fraction of sp³-hybridized carbons (Fsp3) is 0.462. The third kappa shape index (κ3) is 6.31. The van der Waals surface area contributed by atoms with E-state index in [9.17, 15) is 4.79 Å². The zero-order valence-corrected chi connectivity index (χ0v) is 11.6. The van der Waals surface area contributed by atoms with Crippen molar-refractivity contribution in [2.75, 3.05) is 13.2 Å². The molecular weight excluding hydrogens is 282 g/mol. The van der Waals surface area contributed by atoms with Gasteiger partial charge in [-0.3, -0.25) is 4.79 Å². The Morgan fingerprint density at radius 2 is 2.29 bits per heavy atom. The van der Waals surface area contributed by atoms with E-state index in [1.807, 2.05) is 31.2 Å². The molecule has 0 saturated heterocycles. The van der Waals surface area contributed by atoms with Crippen LogP contribution in [0.1, 0.15) is 26.2 Å². The molecule has 0 aromatic heterocycles. The van der Waals surface area contributed by atoms with Crippen LogP contribution in [-0.4, -0.2) is 19.1 Å². The quantitative estimate of drug-likeness (QED) is 0.786. The molecule has 0 saturated carbocycles. The summed E-state index contributed by atoms with van der Waals surface area (Å²) in [6.45, 7) is 3.36. The van der Waals surface area contributed by atoms with Gasteiger partial charge in [0, 0.05) is 17.4 Å². The molecule has 1 N–H and O–H groups in total. The zero-order chi connectivity index (χ0) is 12.5. The summed E-state index contributed by atoms with van der Waals surface area (Å²) in [7, 11) is 0. The van der Waals surface area contributed by atoms with Crippen molar-refractivity contribution in [3.63, 3.8) is 0 Å². The molecule has 0 aliphatic heterocycles. The van der Waals surface area contributed by atoms with Gasteiger partial charge in [-0.2, -0.15) is 0 Å². The van der Waals surface area contributed by atoms with E-state index < -0.39 is 0 Å². The van der Waals surface area contributed by atoms with E-state index in [1.165, 1.54) is 0 Å². The second-order valence-corrected chi connectivity index (χ2v) is 4.68. The van der Waals surface area contributed by atoms with Gasteiger partial charge in [0.1, 0.15) is 5.75 Å². The summed E-state index contributed by atoms with van der Waals surface area (Å²) < 4.78 is 6.53. The van der Waals surface area contributed by atoms with E-state index in [-0.39, 0.29) is 5.91 Å². The molecule has 1 rings (SSSR count). The molecular formula is C13H18BrNO2. The van der Waals surface area contributed by atoms with Crippen LogP contribution >= 0.6 is 15.9 Å². The zero-order valence-electron chi connectivity index (χ0n) is 10.0. The molecule has 1 aromatic carbocycles. The van der Waals surface area contributed by atoms with Gasteiger partial charge in [-0.15, -0.1) is 0 Å². The lowest BCUT2D eigenvalue weighted by Gasteiger charge is -2.06. The molecule has 0 aliphatic carbocycles. The molecule has 4 heteroatoms. The van der Waals surface area contributed by atoms with E-state index in [4.69, 9.17) is 4.74 Å². The summed E-state index contributed by atoms with van der Waals surface area (Å²) in [5.74, 6) is 0.929. The van der Waals surface area contributed by atoms with Crippen LogP contribution in [0, 0.1) is 0 Å². The minimum atomic E-state index is 0.102. The summed E-state index contributed by atoms with van der Waals surface area (Å²) in [5.41, 5.74) is 0. The Morgan fingerprint density at radius 3 is 3.00 bits per heavy atom. The van der Waals surface area contributed by atoms with Gasteiger partial charge in [-0.25, -0.2) is 0 Å². The fourth-order valence-corrected chi connectivity index (χ4v) is 1.71. The number of rotatable bonds is 7. The maximum atomic E-state index is 11.3. The lowest BCUT2D eigenvalue weighted by molar-refractivity contribution is -0.121. The standard InChI is InChI=1S/C13H18BrNO2/c1-2-8-15-13(16)7-4-9-17-12-6-3-5-11(14)10-12/h3,5-6,10H,2,4,7-9H2,1H3,(H,15,16). The van der Waals surface area contributed by atoms with Crippen LogP contribution in [0.2, 0.25) is 0 Å². The Bertz CT molecular complexity index is 355. The number of amides is 1. The third-order valence-corrected chi connectivity index (χ3v) is 2.68. The number of ether oxygens (including phenoxy) is 1. The SMILES string of the molecule is CCCNC(=O)CCCOc1cccc(Br)c1. The summed E-state index contributed by atoms with van der Waals surface area (Å²) in [6.07, 6.45) is 2.23. The van der Waals surface area contributed by atoms with Gasteiger partial charge in [0.05, 0.1) is 6.61 Å². The molecule has 0 heterocycles. The van der Waals surface area contributed by atoms with Crippen LogP contribution < -0.4 is 10.1 Å². The maximum absolute atomic E-state index is 11.3. The smallest absolute Gasteiger partial charge is 0.220 e. The first kappa shape index (κ1) is 14.0. The molecule has 94 valence electrons. The summed E-state index contributed by atoms with van der Waals surface area (Å²) >= 11 is 3.38. The Hall–Kier alpha value is -1.03. The number of halogens is 1. The van der Waals surface area contributed by atoms with E-state index in [1.54, 1.807) is 0 Å². The maximum Gasteiger partial charge on any atom is 0.220 e. The molecule has 0 aliphatic rings. The van der Waals surface area contributed by atoms with Crippen LogP contribution in [0.25, 0.3) is 0 Å². The predicted octanol–water partition coefficient (Wildman–Crippen LogP) is 3.13. The van der Waals surface area contributed by atoms with Crippen LogP contribution in [0.15, 0.2) is 28.7 Å². The van der Waals surface area contributed by atoms with E-state index >= 15 is 0 Å². The number of carbonyl (C=O) groups is 1. The lowest BCUT2D eigenvalue weighted by Crippen LogP contribution is -2.24. The minimum Gasteiger partial charge on any atom is -0.494 e. The number of carbonyl (C=O) groups excluding carboxylic acids is 1. The van der Waals surface area contributed by atoms with Gasteiger partial charge in [-0.1, -0.05) is 28.9 Å². The molecule has 0 spiro atoms. The highest BCUT2D eigenvalue weighted by Gasteiger charge is 2.00. The third-order valence-electron chi connectivity index (χ3n) is 2.19. The summed E-state index contributed by atoms with van der Waals surface area (Å²) in [5, 5.41) is 2.84. The Morgan fingerprint density at radius 1 is 1.47 bits per heavy atom. The molecule has 1 aromatic rings. The molecule has 0 fully saturated rings. The van der Waals surface area contributed by atoms with Gasteiger partial charge in [0.25, 0.3) is 0 Å². The summed E-state index contributed by atoms with van der Waals surface area (Å²) in [6, 6.07) is 7.69. The van der Waals surface area contributed by atoms with Crippen LogP contribution in [0.4, 0.5) is 0 Å². The van der Waals surface area contributed by atoms with Crippen molar-refractivity contribution in [1.82, 2.24) is 5.32 Å². The van der Waals surface area contributed by atoms with Crippen LogP contribution in [0.5, 0.6) is 5.75 Å². The van der Waals surface area contributed by atoms with Crippen LogP contribution in [0.3, 0.4) is 0 Å². The Labute approximate surface area is 111 Å². The molecule has 0 radical (unpaired) electrons. The predicted molar refractivity (Wildman–Crippen MR) is 72.2 cm³/mol. The molecule has 3 nitrogen and oxygen atoms in total. The van der Waals surface area contributed by atoms with Crippen molar-refractivity contribution >= 4 is 21.8 Å². The van der Waals surface area contributed by atoms with E-state index in [0.717, 1.165) is 29.6 Å². The first-order valence-corrected chi connectivity index (χ1v) is 6.66. The average molecular weight is 300 g/mol. The van der Waals surface area contributed by atoms with E-state index in [2.05, 4.69) is 21.2 Å². The molecule has 1 amide bonds. The van der Waals surface area contributed by atoms with Crippen molar-refractivity contribution in [1.29, 1.82) is 0 Å². The highest BCUT2D eigenvalue weighted by atomic mass is 79.9. The van der Waals surface area contributed by atoms with Gasteiger partial charge >= 0.3 is 0 Å². The molecule has 17 heavy (non-hydrogen) atoms. The number of benzene rings is 1. The normalized spacial score (nSPS) is 10.0. The van der Waals surface area contributed by atoms with Gasteiger partial charge < -0.3 is 10.1 Å². The average Bonchev–Trinajstić information content (AvgIpc) is 2.32. The topological polar surface area (TPSA) is 38.3 Å². The van der Waals surface area contributed by atoms with Crippen molar-refractivity contribution < 1.29 is 9.53 Å². The first-order chi connectivity index (χ1) is 8.22. The molecule has 0 atom stereocenters. The highest BCUT2D eigenvalue weighted by Crippen LogP contribution is 2.17. The number of hydrogen-bond acceptors (Lipinski definition) is 2. The lowest BCUT2D eigenvalue weighted by atomic mass is 10.3. The van der Waals surface area contributed by atoms with Crippen molar-refractivity contribution in [2.45, 2.75) is 26.2 Å². The second-order valence-electron chi connectivity index (χ2n) is 3.76. The molecule has 0 unspecified atom stereocenters. The minimum absolute atomic E-state index is 0.102. The fourth-order valence-electron chi connectivity index (χ4n) is 1.33. The van der Waals surface area contributed by atoms with E-state index in [0.29, 0.717) is 13.0 Å². The van der Waals surface area contributed by atoms with Crippen molar-refractivity contribution in [3.05, 3.63) is 28.7 Å².